The number of amides is 1. The van der Waals surface area contributed by atoms with Gasteiger partial charge in [-0.2, -0.15) is 0 Å². The molecule has 1 unspecified atom stereocenters. The minimum Gasteiger partial charge on any atom is -0.417 e. The predicted molar refractivity (Wildman–Crippen MR) is 97.6 cm³/mol. The highest BCUT2D eigenvalue weighted by molar-refractivity contribution is 6.01. The summed E-state index contributed by atoms with van der Waals surface area (Å²) in [5.41, 5.74) is 2.59. The second-order valence-corrected chi connectivity index (χ2v) is 6.82. The Bertz CT molecular complexity index is 1050. The lowest BCUT2D eigenvalue weighted by atomic mass is 10.1. The number of nitrogens with zero attached hydrogens (tertiary/aromatic N) is 2. The Morgan fingerprint density at radius 1 is 1.04 bits per heavy atom. The number of hydrogen-bond donors (Lipinski definition) is 0. The molecule has 2 aromatic carbocycles. The van der Waals surface area contributed by atoms with Gasteiger partial charge >= 0.3 is 11.9 Å². The Hall–Kier alpha value is -3.61. The number of cyclic esters (lactones) is 1. The average Bonchev–Trinajstić information content (AvgIpc) is 3.14. The number of anilines is 1. The third-order valence-corrected chi connectivity index (χ3v) is 5.26. The van der Waals surface area contributed by atoms with Crippen molar-refractivity contribution in [3.05, 3.63) is 77.1 Å². The van der Waals surface area contributed by atoms with E-state index >= 15 is 0 Å². The SMILES string of the molecule is CC1=C(C(=O)OC2OC(=O)c3ccccc32)N2C(=O)C[C@@H]2N1c1ccccc1. The van der Waals surface area contributed by atoms with Gasteiger partial charge in [0.1, 0.15) is 6.17 Å². The summed E-state index contributed by atoms with van der Waals surface area (Å²) in [6, 6.07) is 16.3. The highest BCUT2D eigenvalue weighted by Crippen LogP contribution is 2.42. The number of carbonyl (C=O) groups is 3. The van der Waals surface area contributed by atoms with E-state index in [4.69, 9.17) is 9.47 Å². The van der Waals surface area contributed by atoms with Crippen LogP contribution in [0.4, 0.5) is 5.69 Å². The molecule has 3 heterocycles. The van der Waals surface area contributed by atoms with Crippen LogP contribution in [-0.4, -0.2) is 28.9 Å². The van der Waals surface area contributed by atoms with Crippen LogP contribution in [0.5, 0.6) is 0 Å². The highest BCUT2D eigenvalue weighted by Gasteiger charge is 2.52. The molecule has 0 radical (unpaired) electrons. The number of benzene rings is 2. The van der Waals surface area contributed by atoms with E-state index in [9.17, 15) is 14.4 Å². The summed E-state index contributed by atoms with van der Waals surface area (Å²) in [6.45, 7) is 1.78. The molecule has 0 saturated carbocycles. The van der Waals surface area contributed by atoms with E-state index in [2.05, 4.69) is 0 Å². The first kappa shape index (κ1) is 16.6. The minimum absolute atomic E-state index is 0.140. The van der Waals surface area contributed by atoms with Crippen LogP contribution in [0.15, 0.2) is 66.0 Å². The van der Waals surface area contributed by atoms with Gasteiger partial charge in [0.25, 0.3) is 6.29 Å². The number of rotatable bonds is 3. The minimum atomic E-state index is -1.11. The molecular formula is C21H16N2O5. The average molecular weight is 376 g/mol. The summed E-state index contributed by atoms with van der Waals surface area (Å²) in [7, 11) is 0. The Balaban J connectivity index is 1.46. The molecule has 7 heteroatoms. The number of β-lactam (4-membered cyclic amide) rings is 1. The van der Waals surface area contributed by atoms with Gasteiger partial charge in [0, 0.05) is 16.9 Å². The van der Waals surface area contributed by atoms with Crippen LogP contribution in [0, 0.1) is 0 Å². The van der Waals surface area contributed by atoms with Gasteiger partial charge < -0.3 is 14.4 Å². The lowest BCUT2D eigenvalue weighted by molar-refractivity contribution is -0.168. The van der Waals surface area contributed by atoms with E-state index in [1.54, 1.807) is 31.2 Å². The van der Waals surface area contributed by atoms with Gasteiger partial charge in [0.05, 0.1) is 12.0 Å². The molecule has 2 atom stereocenters. The maximum Gasteiger partial charge on any atom is 0.360 e. The standard InChI is InChI=1S/C21H16N2O5/c1-12-18(20(26)28-21-15-10-6-5-9-14(15)19(25)27-21)23-16(11-17(23)24)22(12)13-7-3-2-4-8-13/h2-10,16,21H,11H2,1H3/t16-,21?/m1/s1. The van der Waals surface area contributed by atoms with Crippen molar-refractivity contribution >= 4 is 23.5 Å². The van der Waals surface area contributed by atoms with Crippen molar-refractivity contribution in [1.29, 1.82) is 0 Å². The van der Waals surface area contributed by atoms with Crippen LogP contribution in [0.25, 0.3) is 0 Å². The van der Waals surface area contributed by atoms with E-state index in [0.717, 1.165) is 5.69 Å². The van der Waals surface area contributed by atoms with E-state index < -0.39 is 18.2 Å². The highest BCUT2D eigenvalue weighted by atomic mass is 16.7. The molecule has 1 amide bonds. The molecule has 7 nitrogen and oxygen atoms in total. The number of para-hydroxylation sites is 1. The fourth-order valence-corrected chi connectivity index (χ4v) is 3.95. The predicted octanol–water partition coefficient (Wildman–Crippen LogP) is 2.71. The molecule has 2 aromatic rings. The quantitative estimate of drug-likeness (QED) is 0.606. The molecule has 0 spiro atoms. The largest absolute Gasteiger partial charge is 0.417 e. The fourth-order valence-electron chi connectivity index (χ4n) is 3.95. The third-order valence-electron chi connectivity index (χ3n) is 5.26. The summed E-state index contributed by atoms with van der Waals surface area (Å²) >= 11 is 0. The third kappa shape index (κ3) is 2.26. The smallest absolute Gasteiger partial charge is 0.360 e. The molecular weight excluding hydrogens is 360 g/mol. The van der Waals surface area contributed by atoms with E-state index in [1.165, 1.54) is 4.90 Å². The molecule has 3 aliphatic rings. The molecule has 0 N–H and O–H groups in total. The zero-order chi connectivity index (χ0) is 19.4. The first-order valence-corrected chi connectivity index (χ1v) is 8.94. The molecule has 3 aliphatic heterocycles. The molecule has 1 fully saturated rings. The Kier molecular flexibility index (Phi) is 3.52. The van der Waals surface area contributed by atoms with Gasteiger partial charge in [-0.15, -0.1) is 0 Å². The van der Waals surface area contributed by atoms with Gasteiger partial charge in [-0.25, -0.2) is 9.59 Å². The summed E-state index contributed by atoms with van der Waals surface area (Å²) in [5, 5.41) is 0. The van der Waals surface area contributed by atoms with Crippen molar-refractivity contribution in [3.63, 3.8) is 0 Å². The number of allylic oxidation sites excluding steroid dienone is 1. The van der Waals surface area contributed by atoms with Crippen LogP contribution in [0.3, 0.4) is 0 Å². The van der Waals surface area contributed by atoms with Gasteiger partial charge in [-0.1, -0.05) is 36.4 Å². The van der Waals surface area contributed by atoms with Crippen molar-refractivity contribution in [2.75, 3.05) is 4.90 Å². The lowest BCUT2D eigenvalue weighted by Crippen LogP contribution is -2.55. The van der Waals surface area contributed by atoms with Crippen molar-refractivity contribution in [2.45, 2.75) is 25.8 Å². The van der Waals surface area contributed by atoms with Crippen molar-refractivity contribution < 1.29 is 23.9 Å². The normalized spacial score (nSPS) is 22.6. The molecule has 0 aromatic heterocycles. The number of ether oxygens (including phenoxy) is 2. The monoisotopic (exact) mass is 376 g/mol. The zero-order valence-corrected chi connectivity index (χ0v) is 15.0. The summed E-state index contributed by atoms with van der Waals surface area (Å²) in [6.07, 6.45) is -1.03. The van der Waals surface area contributed by atoms with Gasteiger partial charge in [-0.05, 0) is 25.1 Å². The molecule has 140 valence electrons. The van der Waals surface area contributed by atoms with Crippen LogP contribution >= 0.6 is 0 Å². The number of carbonyl (C=O) groups excluding carboxylic acids is 3. The van der Waals surface area contributed by atoms with Crippen molar-refractivity contribution in [2.24, 2.45) is 0 Å². The van der Waals surface area contributed by atoms with Crippen LogP contribution in [0.2, 0.25) is 0 Å². The second kappa shape index (κ2) is 5.95. The van der Waals surface area contributed by atoms with Gasteiger partial charge in [0.15, 0.2) is 5.70 Å². The number of fused-ring (bicyclic) bond motifs is 2. The Morgan fingerprint density at radius 3 is 2.50 bits per heavy atom. The number of hydrogen-bond acceptors (Lipinski definition) is 6. The van der Waals surface area contributed by atoms with Crippen LogP contribution in [0.1, 0.15) is 35.6 Å². The molecule has 0 aliphatic carbocycles. The maximum absolute atomic E-state index is 12.9. The van der Waals surface area contributed by atoms with Crippen molar-refractivity contribution in [3.8, 4) is 0 Å². The fraction of sp³-hybridized carbons (Fsp3) is 0.190. The van der Waals surface area contributed by atoms with E-state index in [-0.39, 0.29) is 17.8 Å². The summed E-state index contributed by atoms with van der Waals surface area (Å²) < 4.78 is 10.7. The van der Waals surface area contributed by atoms with Crippen molar-refractivity contribution in [1.82, 2.24) is 4.90 Å². The molecule has 1 saturated heterocycles. The van der Waals surface area contributed by atoms with Gasteiger partial charge in [-0.3, -0.25) is 9.69 Å². The van der Waals surface area contributed by atoms with Crippen LogP contribution in [-0.2, 0) is 19.1 Å². The summed E-state index contributed by atoms with van der Waals surface area (Å²) in [5.74, 6) is -1.36. The Labute approximate surface area is 160 Å². The molecule has 5 rings (SSSR count). The van der Waals surface area contributed by atoms with E-state index in [0.29, 0.717) is 23.2 Å². The first-order chi connectivity index (χ1) is 13.6. The van der Waals surface area contributed by atoms with Gasteiger partial charge in [0.2, 0.25) is 5.91 Å². The van der Waals surface area contributed by atoms with E-state index in [1.807, 2.05) is 35.2 Å². The Morgan fingerprint density at radius 2 is 1.75 bits per heavy atom. The first-order valence-electron chi connectivity index (χ1n) is 8.94. The second-order valence-electron chi connectivity index (χ2n) is 6.82. The molecule has 28 heavy (non-hydrogen) atoms. The zero-order valence-electron chi connectivity index (χ0n) is 15.0. The lowest BCUT2D eigenvalue weighted by Gasteiger charge is -2.40. The molecule has 0 bridgehead atoms. The number of esters is 2. The maximum atomic E-state index is 12.9. The topological polar surface area (TPSA) is 76.1 Å². The summed E-state index contributed by atoms with van der Waals surface area (Å²) in [4.78, 5) is 40.5. The van der Waals surface area contributed by atoms with Crippen LogP contribution < -0.4 is 4.90 Å².